The van der Waals surface area contributed by atoms with E-state index in [2.05, 4.69) is 5.32 Å². The number of amides is 1. The lowest BCUT2D eigenvalue weighted by Crippen LogP contribution is -2.45. The Bertz CT molecular complexity index is 1020. The number of carbonyl (C=O) groups is 1. The van der Waals surface area contributed by atoms with Crippen LogP contribution in [-0.2, 0) is 14.8 Å². The van der Waals surface area contributed by atoms with E-state index in [4.69, 9.17) is 9.47 Å². The predicted molar refractivity (Wildman–Crippen MR) is 108 cm³/mol. The summed E-state index contributed by atoms with van der Waals surface area (Å²) in [5, 5.41) is 13.5. The number of anilines is 2. The molecule has 0 saturated carbocycles. The number of nitrogens with zero attached hydrogens (tertiary/aromatic N) is 2. The summed E-state index contributed by atoms with van der Waals surface area (Å²) in [6.45, 7) is 1.40. The smallest absolute Gasteiger partial charge is 0.271 e. The van der Waals surface area contributed by atoms with E-state index in [1.54, 1.807) is 12.1 Å². The molecule has 10 nitrogen and oxygen atoms in total. The average Bonchev–Trinajstić information content (AvgIpc) is 2.66. The van der Waals surface area contributed by atoms with Gasteiger partial charge in [-0.05, 0) is 25.1 Å². The molecule has 1 amide bonds. The molecule has 0 unspecified atom stereocenters. The van der Waals surface area contributed by atoms with Crippen molar-refractivity contribution in [3.8, 4) is 11.5 Å². The van der Waals surface area contributed by atoms with Gasteiger partial charge in [0.1, 0.15) is 17.5 Å². The molecule has 1 atom stereocenters. The second-order valence-electron chi connectivity index (χ2n) is 6.07. The normalized spacial score (nSPS) is 12.0. The van der Waals surface area contributed by atoms with Crippen LogP contribution in [0.3, 0.4) is 0 Å². The predicted octanol–water partition coefficient (Wildman–Crippen LogP) is 2.41. The molecule has 0 bridgehead atoms. The van der Waals surface area contributed by atoms with Gasteiger partial charge in [-0.3, -0.25) is 19.2 Å². The van der Waals surface area contributed by atoms with Gasteiger partial charge in [0.05, 0.1) is 36.8 Å². The third-order valence-electron chi connectivity index (χ3n) is 4.05. The summed E-state index contributed by atoms with van der Waals surface area (Å²) in [7, 11) is -1.05. The first-order valence-electron chi connectivity index (χ1n) is 8.35. The maximum absolute atomic E-state index is 12.8. The highest BCUT2D eigenvalue weighted by Crippen LogP contribution is 2.30. The van der Waals surface area contributed by atoms with Gasteiger partial charge in [0.15, 0.2) is 0 Å². The summed E-state index contributed by atoms with van der Waals surface area (Å²) >= 11 is 0. The number of hydrogen-bond donors (Lipinski definition) is 1. The lowest BCUT2D eigenvalue weighted by Gasteiger charge is -2.28. The van der Waals surface area contributed by atoms with Crippen LogP contribution in [0.15, 0.2) is 42.5 Å². The monoisotopic (exact) mass is 423 g/mol. The van der Waals surface area contributed by atoms with Crippen molar-refractivity contribution in [1.82, 2.24) is 0 Å². The lowest BCUT2D eigenvalue weighted by molar-refractivity contribution is -0.384. The molecule has 2 aromatic rings. The number of methoxy groups -OCH3 is 2. The molecular formula is C18H21N3O7S. The van der Waals surface area contributed by atoms with Crippen LogP contribution < -0.4 is 19.1 Å². The molecule has 0 heterocycles. The summed E-state index contributed by atoms with van der Waals surface area (Å²) in [6.07, 6.45) is 0.976. The fraction of sp³-hybridized carbons (Fsp3) is 0.278. The quantitative estimate of drug-likeness (QED) is 0.510. The third kappa shape index (κ3) is 5.13. The Morgan fingerprint density at radius 1 is 1.17 bits per heavy atom. The van der Waals surface area contributed by atoms with Crippen LogP contribution in [0, 0.1) is 10.1 Å². The van der Waals surface area contributed by atoms with Crippen LogP contribution in [0.2, 0.25) is 0 Å². The van der Waals surface area contributed by atoms with Crippen molar-refractivity contribution in [3.05, 3.63) is 52.6 Å². The molecule has 11 heteroatoms. The first kappa shape index (κ1) is 22.0. The Balaban J connectivity index is 2.40. The Morgan fingerprint density at radius 2 is 1.86 bits per heavy atom. The number of benzene rings is 2. The van der Waals surface area contributed by atoms with Gasteiger partial charge in [-0.2, -0.15) is 0 Å². The maximum atomic E-state index is 12.8. The minimum absolute atomic E-state index is 0.0534. The first-order valence-corrected chi connectivity index (χ1v) is 10.2. The Labute approximate surface area is 168 Å². The van der Waals surface area contributed by atoms with Crippen LogP contribution in [0.1, 0.15) is 6.92 Å². The molecule has 0 aliphatic rings. The summed E-state index contributed by atoms with van der Waals surface area (Å²) in [6, 6.07) is 8.80. The fourth-order valence-corrected chi connectivity index (χ4v) is 3.87. The van der Waals surface area contributed by atoms with Crippen molar-refractivity contribution < 1.29 is 27.6 Å². The van der Waals surface area contributed by atoms with E-state index < -0.39 is 26.9 Å². The molecular weight excluding hydrogens is 402 g/mol. The van der Waals surface area contributed by atoms with Crippen LogP contribution in [-0.4, -0.2) is 45.8 Å². The van der Waals surface area contributed by atoms with Gasteiger partial charge in [-0.15, -0.1) is 0 Å². The second kappa shape index (κ2) is 8.78. The van der Waals surface area contributed by atoms with E-state index in [1.807, 2.05) is 0 Å². The van der Waals surface area contributed by atoms with E-state index in [0.29, 0.717) is 5.75 Å². The number of hydrogen-bond acceptors (Lipinski definition) is 7. The molecule has 0 aromatic heterocycles. The number of non-ortho nitro benzene ring substituents is 1. The summed E-state index contributed by atoms with van der Waals surface area (Å²) < 4.78 is 35.9. The minimum Gasteiger partial charge on any atom is -0.497 e. The molecule has 0 spiro atoms. The Morgan fingerprint density at radius 3 is 2.41 bits per heavy atom. The fourth-order valence-electron chi connectivity index (χ4n) is 2.70. The molecule has 156 valence electrons. The number of rotatable bonds is 8. The van der Waals surface area contributed by atoms with Crippen molar-refractivity contribution in [2.75, 3.05) is 30.1 Å². The van der Waals surface area contributed by atoms with E-state index >= 15 is 0 Å². The standard InChI is InChI=1S/C18H21N3O7S/c1-12(20(29(4,25)26)13-6-5-7-15(10-13)27-2)18(22)19-16-11-14(21(23)24)8-9-17(16)28-3/h5-12H,1-4H3,(H,19,22)/t12-/m1/s1. The van der Waals surface area contributed by atoms with Gasteiger partial charge >= 0.3 is 0 Å². The highest BCUT2D eigenvalue weighted by molar-refractivity contribution is 7.92. The molecule has 2 aromatic carbocycles. The van der Waals surface area contributed by atoms with Gasteiger partial charge in [0, 0.05) is 18.2 Å². The molecule has 0 saturated heterocycles. The van der Waals surface area contributed by atoms with Gasteiger partial charge in [-0.1, -0.05) is 6.07 Å². The van der Waals surface area contributed by atoms with E-state index in [1.165, 1.54) is 45.4 Å². The molecule has 1 N–H and O–H groups in total. The van der Waals surface area contributed by atoms with Crippen molar-refractivity contribution in [1.29, 1.82) is 0 Å². The van der Waals surface area contributed by atoms with E-state index in [0.717, 1.165) is 16.6 Å². The summed E-state index contributed by atoms with van der Waals surface area (Å²) in [4.78, 5) is 23.2. The molecule has 0 fully saturated rings. The zero-order valence-corrected chi connectivity index (χ0v) is 17.1. The van der Waals surface area contributed by atoms with Crippen molar-refractivity contribution in [2.24, 2.45) is 0 Å². The van der Waals surface area contributed by atoms with E-state index in [9.17, 15) is 23.3 Å². The van der Waals surface area contributed by atoms with Crippen molar-refractivity contribution >= 4 is 33.0 Å². The largest absolute Gasteiger partial charge is 0.497 e. The van der Waals surface area contributed by atoms with Crippen molar-refractivity contribution in [2.45, 2.75) is 13.0 Å². The summed E-state index contributed by atoms with van der Waals surface area (Å²) in [5.41, 5.74) is 0.0414. The van der Waals surface area contributed by atoms with Gasteiger partial charge in [0.2, 0.25) is 15.9 Å². The number of nitro groups is 1. The highest BCUT2D eigenvalue weighted by atomic mass is 32.2. The molecule has 0 radical (unpaired) electrons. The van der Waals surface area contributed by atoms with Crippen LogP contribution in [0.25, 0.3) is 0 Å². The van der Waals surface area contributed by atoms with Crippen molar-refractivity contribution in [3.63, 3.8) is 0 Å². The molecule has 0 aliphatic heterocycles. The van der Waals surface area contributed by atoms with E-state index in [-0.39, 0.29) is 22.8 Å². The topological polar surface area (TPSA) is 128 Å². The van der Waals surface area contributed by atoms with Crippen LogP contribution in [0.4, 0.5) is 17.1 Å². The highest BCUT2D eigenvalue weighted by Gasteiger charge is 2.30. The summed E-state index contributed by atoms with van der Waals surface area (Å²) in [5.74, 6) is -0.0791. The molecule has 29 heavy (non-hydrogen) atoms. The first-order chi connectivity index (χ1) is 13.6. The van der Waals surface area contributed by atoms with Gasteiger partial charge in [-0.25, -0.2) is 8.42 Å². The van der Waals surface area contributed by atoms with Crippen LogP contribution >= 0.6 is 0 Å². The molecule has 0 aliphatic carbocycles. The third-order valence-corrected chi connectivity index (χ3v) is 5.29. The molecule has 2 rings (SSSR count). The zero-order chi connectivity index (χ0) is 21.8. The maximum Gasteiger partial charge on any atom is 0.271 e. The second-order valence-corrected chi connectivity index (χ2v) is 7.93. The van der Waals surface area contributed by atoms with Gasteiger partial charge < -0.3 is 14.8 Å². The number of carbonyl (C=O) groups excluding carboxylic acids is 1. The average molecular weight is 423 g/mol. The number of nitro benzene ring substituents is 1. The minimum atomic E-state index is -3.84. The zero-order valence-electron chi connectivity index (χ0n) is 16.3. The Kier molecular flexibility index (Phi) is 6.64. The Hall–Kier alpha value is -3.34. The number of nitrogens with one attached hydrogen (secondary N) is 1. The SMILES string of the molecule is COc1cccc(N([C@H](C)C(=O)Nc2cc([N+](=O)[O-])ccc2OC)S(C)(=O)=O)c1. The number of sulfonamides is 1. The lowest BCUT2D eigenvalue weighted by atomic mass is 10.2. The van der Waals surface area contributed by atoms with Gasteiger partial charge in [0.25, 0.3) is 5.69 Å². The van der Waals surface area contributed by atoms with Crippen LogP contribution in [0.5, 0.6) is 11.5 Å². The number of ether oxygens (including phenoxy) is 2.